The number of aliphatic carboxylic acids is 1. The molecule has 10 atom stereocenters. The third-order valence-electron chi connectivity index (χ3n) is 13.8. The number of carboxylic acid groups (broad SMARTS) is 1. The molecular weight excluding hydrogens is 1140 g/mol. The van der Waals surface area contributed by atoms with E-state index in [1.54, 1.807) is 41.5 Å². The normalized spacial score (nSPS) is 16.4. The molecule has 10 amide bonds. The molecule has 492 valence electrons. The largest absolute Gasteiger partial charge is 0.508 e. The number of carbonyl (C=O) groups excluding carboxylic acids is 10. The van der Waals surface area contributed by atoms with Crippen molar-refractivity contribution < 1.29 is 78.9 Å². The van der Waals surface area contributed by atoms with Crippen LogP contribution in [0.3, 0.4) is 0 Å². The van der Waals surface area contributed by atoms with Gasteiger partial charge in [-0.3, -0.25) is 63.4 Å². The number of likely N-dealkylation sites (tertiary alicyclic amines) is 1. The summed E-state index contributed by atoms with van der Waals surface area (Å²) in [6.07, 6.45) is -0.745. The topological polar surface area (TPSA) is 536 Å². The van der Waals surface area contributed by atoms with Crippen LogP contribution in [-0.2, 0) is 59.2 Å². The van der Waals surface area contributed by atoms with Gasteiger partial charge < -0.3 is 102 Å². The zero-order chi connectivity index (χ0) is 65.7. The van der Waals surface area contributed by atoms with Crippen molar-refractivity contribution in [1.29, 1.82) is 0 Å². The zero-order valence-corrected chi connectivity index (χ0v) is 51.0. The second-order valence-electron chi connectivity index (χ2n) is 22.9. The molecule has 0 aromatic heterocycles. The molecule has 0 saturated carbocycles. The van der Waals surface area contributed by atoms with Crippen LogP contribution in [0, 0.1) is 17.8 Å². The van der Waals surface area contributed by atoms with E-state index in [1.165, 1.54) is 36.1 Å². The standard InChI is InChI=1S/C55H97N17O15/c1-28(2)21-36(47(80)68-38(23-30(5)6)49(82)71-41(27-74)51(84)69-39(46(79)63-31(7)53(86)87)24-32-14-16-33(75)17-15-32)66-44(77)34(11-8-18-61-54(57)58)64-50(83)40(26-73)70-48(81)37(22-29(3)4)67-45(78)35(12-9-19-62-55(59)60)65-52(85)42-13-10-20-72(42)43(76)25-56/h14-17,28-31,34-42,54-55,61-62,73-75H,8-13,18-27,56-60H2,1-7H3,(H,63,79)(H,64,83)(H,65,85)(H,66,77)(H,67,78)(H,68,80)(H,69,84)(H,70,81)(H,71,82)(H,86,87)/p+1/t31-,34-,35-,36-,37-,38-,39-,40-,41-,42-/m0/s1. The lowest BCUT2D eigenvalue weighted by atomic mass is 9.99. The Labute approximate surface area is 507 Å². The summed E-state index contributed by atoms with van der Waals surface area (Å²) in [5.74, 6) is -10.5. The molecule has 0 radical (unpaired) electrons. The molecule has 1 aromatic carbocycles. The molecule has 0 aliphatic carbocycles. The third-order valence-corrected chi connectivity index (χ3v) is 13.8. The lowest BCUT2D eigenvalue weighted by Gasteiger charge is -2.29. The van der Waals surface area contributed by atoms with Gasteiger partial charge >= 0.3 is 5.97 Å². The lowest BCUT2D eigenvalue weighted by Crippen LogP contribution is -2.62. The number of phenols is 1. The van der Waals surface area contributed by atoms with E-state index >= 15 is 0 Å². The van der Waals surface area contributed by atoms with Crippen LogP contribution >= 0.6 is 0 Å². The van der Waals surface area contributed by atoms with Crippen molar-refractivity contribution in [2.75, 3.05) is 39.4 Å². The summed E-state index contributed by atoms with van der Waals surface area (Å²) in [4.78, 5) is 151. The predicted molar refractivity (Wildman–Crippen MR) is 316 cm³/mol. The molecule has 1 saturated heterocycles. The van der Waals surface area contributed by atoms with Crippen LogP contribution in [0.4, 0.5) is 0 Å². The van der Waals surface area contributed by atoms with E-state index in [-0.39, 0.29) is 100 Å². The Kier molecular flexibility index (Phi) is 33.9. The Balaban J connectivity index is 2.40. The van der Waals surface area contributed by atoms with Gasteiger partial charge in [0.05, 0.1) is 13.2 Å². The monoisotopic (exact) mass is 1240 g/mol. The lowest BCUT2D eigenvalue weighted by molar-refractivity contribution is -0.357. The first-order valence-electron chi connectivity index (χ1n) is 29.4. The first kappa shape index (κ1) is 75.9. The van der Waals surface area contributed by atoms with E-state index in [9.17, 15) is 73.2 Å². The van der Waals surface area contributed by atoms with E-state index in [1.807, 2.05) is 0 Å². The Bertz CT molecular complexity index is 2420. The number of amides is 10. The summed E-state index contributed by atoms with van der Waals surface area (Å²) in [6, 6.07) is -8.23. The number of aliphatic hydroxyl groups excluding tert-OH is 2. The molecule has 1 heterocycles. The van der Waals surface area contributed by atoms with Gasteiger partial charge in [-0.2, -0.15) is 0 Å². The highest BCUT2D eigenvalue weighted by molar-refractivity contribution is 5.99. The van der Waals surface area contributed by atoms with Crippen molar-refractivity contribution in [3.05, 3.63) is 29.8 Å². The summed E-state index contributed by atoms with van der Waals surface area (Å²) in [5, 5.41) is 68.5. The Hall–Kier alpha value is -7.17. The van der Waals surface area contributed by atoms with E-state index in [0.29, 0.717) is 24.9 Å². The molecule has 1 fully saturated rings. The van der Waals surface area contributed by atoms with Crippen LogP contribution in [-0.4, -0.2) is 203 Å². The molecule has 32 heteroatoms. The molecule has 87 heavy (non-hydrogen) atoms. The van der Waals surface area contributed by atoms with Gasteiger partial charge in [-0.15, -0.1) is 0 Å². The Morgan fingerprint density at radius 1 is 0.529 bits per heavy atom. The predicted octanol–water partition coefficient (Wildman–Crippen LogP) is -7.10. The van der Waals surface area contributed by atoms with Crippen molar-refractivity contribution in [3.63, 3.8) is 0 Å². The van der Waals surface area contributed by atoms with Crippen molar-refractivity contribution >= 4 is 65.0 Å². The number of hydrogen-bond donors (Lipinski definition) is 20. The summed E-state index contributed by atoms with van der Waals surface area (Å²) in [5.41, 5.74) is 26.6. The second kappa shape index (κ2) is 38.9. The maximum Gasteiger partial charge on any atom is 0.325 e. The number of carboxylic acids is 1. The van der Waals surface area contributed by atoms with Crippen LogP contribution in [0.2, 0.25) is 0 Å². The van der Waals surface area contributed by atoms with Crippen LogP contribution in [0.25, 0.3) is 0 Å². The van der Waals surface area contributed by atoms with Crippen molar-refractivity contribution in [3.8, 4) is 5.75 Å². The number of nitrogens with two attached hydrogens (primary N) is 4. The maximum atomic E-state index is 14.4. The average Bonchev–Trinajstić information content (AvgIpc) is 2.90. The SMILES string of the molecule is CC(C)C[C@H](NC(=O)[C@H](CC(C)C)NC(=O)[C@H](CCCNC(N)N)NC(=O)[C@H](CO)NC(=O)[C@H](CC(C)C)NC(=O)[C@H](CCCNC(N)N)NC(=O)[C@@H]1CCCN1C(=O)C[NH3+])C(=O)N[C@@H](CO)C(=O)N[C@@H](Cc1ccc(O)cc1)C(=O)N[C@@H](C)C(=O)O. The van der Waals surface area contributed by atoms with Gasteiger partial charge in [0.25, 0.3) is 5.91 Å². The number of quaternary nitrogens is 1. The third kappa shape index (κ3) is 28.0. The molecule has 0 spiro atoms. The number of hydrogen-bond acceptors (Lipinski definition) is 20. The number of aliphatic hydroxyl groups is 2. The van der Waals surface area contributed by atoms with Gasteiger partial charge in [-0.1, -0.05) is 53.7 Å². The number of nitrogens with zero attached hydrogens (tertiary/aromatic N) is 1. The van der Waals surface area contributed by atoms with Crippen molar-refractivity contribution in [1.82, 2.24) is 63.4 Å². The van der Waals surface area contributed by atoms with Crippen LogP contribution in [0.5, 0.6) is 5.75 Å². The summed E-state index contributed by atoms with van der Waals surface area (Å²) in [6.45, 7) is 10.4. The molecule has 1 aliphatic rings. The fourth-order valence-electron chi connectivity index (χ4n) is 9.29. The first-order valence-corrected chi connectivity index (χ1v) is 29.4. The quantitative estimate of drug-likeness (QED) is 0.0214. The number of benzene rings is 1. The Morgan fingerprint density at radius 2 is 0.885 bits per heavy atom. The zero-order valence-electron chi connectivity index (χ0n) is 51.0. The first-order chi connectivity index (χ1) is 40.9. The van der Waals surface area contributed by atoms with Gasteiger partial charge in [0, 0.05) is 13.0 Å². The number of aromatic hydroxyl groups is 1. The number of carbonyl (C=O) groups is 11. The minimum atomic E-state index is -1.71. The Morgan fingerprint density at radius 3 is 1.26 bits per heavy atom. The van der Waals surface area contributed by atoms with Gasteiger partial charge in [0.2, 0.25) is 53.2 Å². The van der Waals surface area contributed by atoms with Gasteiger partial charge in [-0.25, -0.2) is 0 Å². The second-order valence-corrected chi connectivity index (χ2v) is 22.9. The highest BCUT2D eigenvalue weighted by atomic mass is 16.4. The highest BCUT2D eigenvalue weighted by Gasteiger charge is 2.38. The van der Waals surface area contributed by atoms with Gasteiger partial charge in [0.1, 0.15) is 78.7 Å². The van der Waals surface area contributed by atoms with Crippen LogP contribution in [0.15, 0.2) is 24.3 Å². The molecule has 1 aliphatic heterocycles. The maximum absolute atomic E-state index is 14.4. The molecular formula is C55H98N17O15+. The van der Waals surface area contributed by atoms with Gasteiger partial charge in [-0.05, 0) is 113 Å². The number of nitrogens with one attached hydrogen (secondary N) is 11. The van der Waals surface area contributed by atoms with Crippen LogP contribution in [0.1, 0.15) is 112 Å². The molecule has 0 unspecified atom stereocenters. The molecule has 1 aromatic rings. The van der Waals surface area contributed by atoms with E-state index in [4.69, 9.17) is 22.9 Å². The number of rotatable bonds is 40. The van der Waals surface area contributed by atoms with E-state index in [2.05, 4.69) is 64.2 Å². The summed E-state index contributed by atoms with van der Waals surface area (Å²) >= 11 is 0. The minimum absolute atomic E-state index is 0.0126. The van der Waals surface area contributed by atoms with Gasteiger partial charge in [0.15, 0.2) is 6.54 Å². The molecule has 0 bridgehead atoms. The van der Waals surface area contributed by atoms with E-state index < -0.39 is 145 Å². The smallest absolute Gasteiger partial charge is 0.325 e. The molecule has 26 N–H and O–H groups in total. The summed E-state index contributed by atoms with van der Waals surface area (Å²) < 4.78 is 0. The summed E-state index contributed by atoms with van der Waals surface area (Å²) in [7, 11) is 0. The van der Waals surface area contributed by atoms with E-state index in [0.717, 1.165) is 0 Å². The fourth-order valence-corrected chi connectivity index (χ4v) is 9.29. The van der Waals surface area contributed by atoms with Crippen molar-refractivity contribution in [2.24, 2.45) is 40.7 Å². The fraction of sp³-hybridized carbons (Fsp3) is 0.691. The highest BCUT2D eigenvalue weighted by Crippen LogP contribution is 2.19. The van der Waals surface area contributed by atoms with Crippen LogP contribution < -0.4 is 87.2 Å². The molecule has 2 rings (SSSR count). The molecule has 32 nitrogen and oxygen atoms in total. The minimum Gasteiger partial charge on any atom is -0.508 e. The van der Waals surface area contributed by atoms with Crippen molar-refractivity contribution in [2.45, 2.75) is 186 Å². The average molecular weight is 1240 g/mol. The number of phenolic OH excluding ortho intramolecular Hbond substituents is 1.